The highest BCUT2D eigenvalue weighted by atomic mass is 16.3. The van der Waals surface area contributed by atoms with Crippen molar-refractivity contribution in [2.24, 2.45) is 0 Å². The van der Waals surface area contributed by atoms with E-state index in [1.165, 1.54) is 12.4 Å². The second kappa shape index (κ2) is 6.01. The molecule has 0 aliphatic carbocycles. The summed E-state index contributed by atoms with van der Waals surface area (Å²) in [5.74, 6) is -0.276. The summed E-state index contributed by atoms with van der Waals surface area (Å²) in [7, 11) is 0. The van der Waals surface area contributed by atoms with Crippen molar-refractivity contribution in [1.29, 1.82) is 0 Å². The van der Waals surface area contributed by atoms with Crippen LogP contribution in [0.5, 0.6) is 0 Å². The quantitative estimate of drug-likeness (QED) is 0.905. The number of aromatic nitrogens is 2. The number of nitrogens with one attached hydrogen (secondary N) is 1. The molecule has 0 saturated carbocycles. The van der Waals surface area contributed by atoms with Crippen LogP contribution in [0.1, 0.15) is 48.4 Å². The molecular formula is C16H19N3O2. The third-order valence-electron chi connectivity index (χ3n) is 2.90. The third-order valence-corrected chi connectivity index (χ3v) is 2.90. The summed E-state index contributed by atoms with van der Waals surface area (Å²) in [5.41, 5.74) is 1.11. The summed E-state index contributed by atoms with van der Waals surface area (Å²) in [4.78, 5) is 12.3. The summed E-state index contributed by atoms with van der Waals surface area (Å²) in [6, 6.07) is 9.14. The highest BCUT2D eigenvalue weighted by Crippen LogP contribution is 2.24. The maximum absolute atomic E-state index is 12.3. The van der Waals surface area contributed by atoms with Crippen LogP contribution < -0.4 is 5.32 Å². The van der Waals surface area contributed by atoms with E-state index in [1.54, 1.807) is 12.1 Å². The topological polar surface area (TPSA) is 75.1 Å². The molecule has 0 spiro atoms. The molecule has 0 fully saturated rings. The fourth-order valence-corrected chi connectivity index (χ4v) is 1.96. The fraction of sp³-hybridized carbons (Fsp3) is 0.312. The molecule has 1 amide bonds. The Bertz CT molecular complexity index is 621. The number of carbonyl (C=O) groups is 1. The van der Waals surface area contributed by atoms with Crippen molar-refractivity contribution in [2.45, 2.75) is 32.4 Å². The summed E-state index contributed by atoms with van der Waals surface area (Å²) in [6.45, 7) is 5.69. The number of carbonyl (C=O) groups excluding carboxylic acids is 1. The average Bonchev–Trinajstić information content (AvgIpc) is 2.45. The van der Waals surface area contributed by atoms with Crippen molar-refractivity contribution < 1.29 is 9.90 Å². The van der Waals surface area contributed by atoms with Crippen LogP contribution in [-0.2, 0) is 0 Å². The highest BCUT2D eigenvalue weighted by Gasteiger charge is 2.22. The van der Waals surface area contributed by atoms with Crippen LogP contribution in [-0.4, -0.2) is 26.7 Å². The zero-order valence-electron chi connectivity index (χ0n) is 12.4. The number of benzene rings is 1. The first kappa shape index (κ1) is 15.1. The van der Waals surface area contributed by atoms with Crippen molar-refractivity contribution in [3.63, 3.8) is 0 Å². The van der Waals surface area contributed by atoms with Crippen molar-refractivity contribution >= 4 is 5.91 Å². The molecule has 2 aromatic rings. The standard InChI is InChI=1S/C16H19N3O2/c1-16(2,3)19-15(21)13-10-18-17-9-12(13)14(20)11-7-5-4-6-8-11/h4-10,14,20H,1-3H3,(H,19,21). The molecule has 21 heavy (non-hydrogen) atoms. The lowest BCUT2D eigenvalue weighted by molar-refractivity contribution is 0.0913. The molecule has 2 rings (SSSR count). The first-order valence-corrected chi connectivity index (χ1v) is 6.74. The predicted molar refractivity (Wildman–Crippen MR) is 79.8 cm³/mol. The van der Waals surface area contributed by atoms with Gasteiger partial charge in [-0.3, -0.25) is 4.79 Å². The van der Waals surface area contributed by atoms with Gasteiger partial charge in [-0.05, 0) is 26.3 Å². The smallest absolute Gasteiger partial charge is 0.253 e. The maximum atomic E-state index is 12.3. The minimum Gasteiger partial charge on any atom is -0.384 e. The second-order valence-electron chi connectivity index (χ2n) is 5.88. The SMILES string of the molecule is CC(C)(C)NC(=O)c1cnncc1C(O)c1ccccc1. The van der Waals surface area contributed by atoms with Crippen LogP contribution in [0.3, 0.4) is 0 Å². The van der Waals surface area contributed by atoms with E-state index in [4.69, 9.17) is 0 Å². The normalized spacial score (nSPS) is 12.8. The molecule has 1 aromatic heterocycles. The maximum Gasteiger partial charge on any atom is 0.253 e. The second-order valence-corrected chi connectivity index (χ2v) is 5.88. The largest absolute Gasteiger partial charge is 0.384 e. The monoisotopic (exact) mass is 285 g/mol. The van der Waals surface area contributed by atoms with E-state index in [1.807, 2.05) is 39.0 Å². The van der Waals surface area contributed by atoms with Gasteiger partial charge in [0.2, 0.25) is 0 Å². The molecule has 0 bridgehead atoms. The molecule has 110 valence electrons. The number of amides is 1. The van der Waals surface area contributed by atoms with E-state index in [2.05, 4.69) is 15.5 Å². The van der Waals surface area contributed by atoms with E-state index >= 15 is 0 Å². The Hall–Kier alpha value is -2.27. The minimum absolute atomic E-state index is 0.276. The van der Waals surface area contributed by atoms with Crippen molar-refractivity contribution in [3.8, 4) is 0 Å². The summed E-state index contributed by atoms with van der Waals surface area (Å²) in [5, 5.41) is 20.9. The summed E-state index contributed by atoms with van der Waals surface area (Å²) >= 11 is 0. The zero-order chi connectivity index (χ0) is 15.5. The highest BCUT2D eigenvalue weighted by molar-refractivity contribution is 5.95. The molecular weight excluding hydrogens is 266 g/mol. The molecule has 0 radical (unpaired) electrons. The Kier molecular flexibility index (Phi) is 4.33. The molecule has 1 heterocycles. The van der Waals surface area contributed by atoms with Crippen LogP contribution in [0.25, 0.3) is 0 Å². The number of nitrogens with zero attached hydrogens (tertiary/aromatic N) is 2. The van der Waals surface area contributed by atoms with Crippen LogP contribution >= 0.6 is 0 Å². The molecule has 0 aliphatic rings. The van der Waals surface area contributed by atoms with Crippen molar-refractivity contribution in [2.75, 3.05) is 0 Å². The van der Waals surface area contributed by atoms with Crippen LogP contribution in [0, 0.1) is 0 Å². The van der Waals surface area contributed by atoms with Gasteiger partial charge in [-0.25, -0.2) is 0 Å². The first-order valence-electron chi connectivity index (χ1n) is 6.74. The van der Waals surface area contributed by atoms with Gasteiger partial charge in [0.15, 0.2) is 0 Å². The van der Waals surface area contributed by atoms with Gasteiger partial charge in [0.25, 0.3) is 5.91 Å². The summed E-state index contributed by atoms with van der Waals surface area (Å²) < 4.78 is 0. The summed E-state index contributed by atoms with van der Waals surface area (Å²) in [6.07, 6.45) is 1.89. The van der Waals surface area contributed by atoms with E-state index in [0.29, 0.717) is 16.7 Å². The predicted octanol–water partition coefficient (Wildman–Crippen LogP) is 2.09. The molecule has 2 N–H and O–H groups in total. The van der Waals surface area contributed by atoms with Gasteiger partial charge in [-0.1, -0.05) is 30.3 Å². The van der Waals surface area contributed by atoms with Crippen LogP contribution in [0.4, 0.5) is 0 Å². The molecule has 5 heteroatoms. The molecule has 0 aliphatic heterocycles. The number of rotatable bonds is 3. The van der Waals surface area contributed by atoms with Gasteiger partial charge in [-0.15, -0.1) is 0 Å². The Morgan fingerprint density at radius 3 is 2.38 bits per heavy atom. The zero-order valence-corrected chi connectivity index (χ0v) is 12.4. The Morgan fingerprint density at radius 1 is 1.14 bits per heavy atom. The molecule has 5 nitrogen and oxygen atoms in total. The lowest BCUT2D eigenvalue weighted by Gasteiger charge is -2.22. The first-order chi connectivity index (χ1) is 9.88. The Balaban J connectivity index is 2.35. The number of aliphatic hydroxyl groups is 1. The van der Waals surface area contributed by atoms with Crippen LogP contribution in [0.15, 0.2) is 42.7 Å². The van der Waals surface area contributed by atoms with E-state index in [0.717, 1.165) is 0 Å². The van der Waals surface area contributed by atoms with Gasteiger partial charge in [0, 0.05) is 11.1 Å². The third kappa shape index (κ3) is 3.86. The Morgan fingerprint density at radius 2 is 1.76 bits per heavy atom. The number of hydrogen-bond donors (Lipinski definition) is 2. The van der Waals surface area contributed by atoms with Gasteiger partial charge in [0.05, 0.1) is 18.0 Å². The van der Waals surface area contributed by atoms with Gasteiger partial charge in [0.1, 0.15) is 6.10 Å². The fourth-order valence-electron chi connectivity index (χ4n) is 1.96. The number of hydrogen-bond acceptors (Lipinski definition) is 4. The molecule has 1 atom stereocenters. The van der Waals surface area contributed by atoms with Crippen molar-refractivity contribution in [1.82, 2.24) is 15.5 Å². The lowest BCUT2D eigenvalue weighted by atomic mass is 9.98. The van der Waals surface area contributed by atoms with Gasteiger partial charge in [-0.2, -0.15) is 10.2 Å². The van der Waals surface area contributed by atoms with E-state index < -0.39 is 6.10 Å². The van der Waals surface area contributed by atoms with E-state index in [9.17, 15) is 9.90 Å². The minimum atomic E-state index is -0.914. The average molecular weight is 285 g/mol. The lowest BCUT2D eigenvalue weighted by Crippen LogP contribution is -2.41. The van der Waals surface area contributed by atoms with Gasteiger partial charge < -0.3 is 10.4 Å². The van der Waals surface area contributed by atoms with E-state index in [-0.39, 0.29) is 11.4 Å². The van der Waals surface area contributed by atoms with Crippen molar-refractivity contribution in [3.05, 3.63) is 59.4 Å². The van der Waals surface area contributed by atoms with Gasteiger partial charge >= 0.3 is 0 Å². The molecule has 1 unspecified atom stereocenters. The molecule has 1 aromatic carbocycles. The Labute approximate surface area is 124 Å². The molecule has 0 saturated heterocycles. The number of aliphatic hydroxyl groups excluding tert-OH is 1. The van der Waals surface area contributed by atoms with Crippen LogP contribution in [0.2, 0.25) is 0 Å².